The number of aromatic nitrogens is 2. The second-order valence-electron chi connectivity index (χ2n) is 5.70. The number of fused-ring (bicyclic) bond motifs is 1. The monoisotopic (exact) mass is 327 g/mol. The van der Waals surface area contributed by atoms with Gasteiger partial charge in [-0.05, 0) is 13.8 Å². The maximum absolute atomic E-state index is 11.1. The first kappa shape index (κ1) is 15.8. The van der Waals surface area contributed by atoms with E-state index in [0.29, 0.717) is 0 Å². The van der Waals surface area contributed by atoms with Crippen molar-refractivity contribution in [1.82, 2.24) is 9.97 Å². The van der Waals surface area contributed by atoms with Crippen LogP contribution in [0.3, 0.4) is 0 Å². The number of nitrogens with zero attached hydrogens (tertiary/aromatic N) is 3. The summed E-state index contributed by atoms with van der Waals surface area (Å²) < 4.78 is 17.1. The molecule has 0 bridgehead atoms. The van der Waals surface area contributed by atoms with Crippen LogP contribution in [0.2, 0.25) is 0 Å². The van der Waals surface area contributed by atoms with Crippen LogP contribution in [-0.4, -0.2) is 56.9 Å². The topological polar surface area (TPSA) is 155 Å². The molecule has 1 aromatic rings. The van der Waals surface area contributed by atoms with E-state index < -0.39 is 40.9 Å². The van der Waals surface area contributed by atoms with Gasteiger partial charge in [-0.1, -0.05) is 0 Å². The van der Waals surface area contributed by atoms with Crippen LogP contribution in [0.5, 0.6) is 0 Å². The lowest BCUT2D eigenvalue weighted by atomic mass is 10.1. The van der Waals surface area contributed by atoms with E-state index in [0.717, 1.165) is 6.33 Å². The van der Waals surface area contributed by atoms with Crippen LogP contribution in [0.4, 0.5) is 17.3 Å². The molecule has 0 spiro atoms. The van der Waals surface area contributed by atoms with Gasteiger partial charge in [0.05, 0.1) is 11.5 Å². The molecular formula is C12H17N5O6. The van der Waals surface area contributed by atoms with Crippen molar-refractivity contribution in [3.63, 3.8) is 0 Å². The summed E-state index contributed by atoms with van der Waals surface area (Å²) in [4.78, 5) is 17.9. The molecule has 2 fully saturated rings. The predicted octanol–water partition coefficient (Wildman–Crippen LogP) is -0.384. The molecule has 2 aliphatic rings. The van der Waals surface area contributed by atoms with Crippen molar-refractivity contribution >= 4 is 17.3 Å². The molecule has 126 valence electrons. The summed E-state index contributed by atoms with van der Waals surface area (Å²) in [6.07, 6.45) is -1.34. The average molecular weight is 327 g/mol. The van der Waals surface area contributed by atoms with Gasteiger partial charge in [-0.15, -0.1) is 0 Å². The Hall–Kier alpha value is -2.08. The van der Waals surface area contributed by atoms with Crippen molar-refractivity contribution in [1.29, 1.82) is 0 Å². The van der Waals surface area contributed by atoms with Gasteiger partial charge in [0, 0.05) is 0 Å². The fourth-order valence-electron chi connectivity index (χ4n) is 2.76. The largest absolute Gasteiger partial charge is 0.394 e. The molecular weight excluding hydrogens is 310 g/mol. The molecule has 2 aliphatic heterocycles. The molecule has 0 amide bonds. The summed E-state index contributed by atoms with van der Waals surface area (Å²) >= 11 is 0. The third-order valence-corrected chi connectivity index (χ3v) is 3.64. The van der Waals surface area contributed by atoms with E-state index in [9.17, 15) is 15.2 Å². The van der Waals surface area contributed by atoms with E-state index >= 15 is 0 Å². The number of nitrogens with two attached hydrogens (primary N) is 1. The van der Waals surface area contributed by atoms with Gasteiger partial charge in [0.25, 0.3) is 0 Å². The highest BCUT2D eigenvalue weighted by Gasteiger charge is 2.55. The van der Waals surface area contributed by atoms with Crippen LogP contribution in [0.25, 0.3) is 0 Å². The number of rotatable bonds is 4. The molecule has 0 aliphatic carbocycles. The standard InChI is InChI=1S/C12H17N5O6/c1-12(2)22-7-5(3-18)21-11(8(7)23-12)16-10-6(17(19)20)9(13)14-4-15-10/h4-5,7-8,11,18H,3H2,1-2H3,(H3,13,14,15,16)/t5-,7-,8-,11-/m1/s1. The number of nitro groups is 1. The molecule has 0 aromatic carbocycles. The maximum Gasteiger partial charge on any atom is 0.353 e. The SMILES string of the molecule is CC1(C)O[C@@H]2[C@H](O1)[C@@H](CO)O[C@H]2Nc1ncnc(N)c1[N+](=O)[O-]. The first-order chi connectivity index (χ1) is 10.8. The molecule has 11 heteroatoms. The Balaban J connectivity index is 1.86. The Morgan fingerprint density at radius 1 is 1.43 bits per heavy atom. The van der Waals surface area contributed by atoms with E-state index in [1.807, 2.05) is 0 Å². The highest BCUT2D eigenvalue weighted by Crippen LogP contribution is 2.39. The van der Waals surface area contributed by atoms with E-state index in [1.165, 1.54) is 0 Å². The predicted molar refractivity (Wildman–Crippen MR) is 76.3 cm³/mol. The second kappa shape index (κ2) is 5.53. The molecule has 0 radical (unpaired) electrons. The summed E-state index contributed by atoms with van der Waals surface area (Å²) in [7, 11) is 0. The van der Waals surface area contributed by atoms with E-state index in [1.54, 1.807) is 13.8 Å². The number of aliphatic hydroxyl groups excluding tert-OH is 1. The molecule has 2 saturated heterocycles. The summed E-state index contributed by atoms with van der Waals surface area (Å²) in [6.45, 7) is 3.21. The Labute approximate surface area is 130 Å². The number of nitrogens with one attached hydrogen (secondary N) is 1. The minimum Gasteiger partial charge on any atom is -0.394 e. The minimum atomic E-state index is -0.844. The summed E-state index contributed by atoms with van der Waals surface area (Å²) in [5.74, 6) is -1.19. The Morgan fingerprint density at radius 2 is 2.13 bits per heavy atom. The van der Waals surface area contributed by atoms with Gasteiger partial charge in [0.1, 0.15) is 24.6 Å². The van der Waals surface area contributed by atoms with Crippen LogP contribution >= 0.6 is 0 Å². The number of nitrogen functional groups attached to an aromatic ring is 1. The van der Waals surface area contributed by atoms with E-state index in [2.05, 4.69) is 15.3 Å². The Morgan fingerprint density at radius 3 is 2.78 bits per heavy atom. The van der Waals surface area contributed by atoms with Gasteiger partial charge in [-0.2, -0.15) is 0 Å². The van der Waals surface area contributed by atoms with Crippen LogP contribution < -0.4 is 11.1 Å². The van der Waals surface area contributed by atoms with Crippen LogP contribution in [-0.2, 0) is 14.2 Å². The summed E-state index contributed by atoms with van der Waals surface area (Å²) in [6, 6.07) is 0. The van der Waals surface area contributed by atoms with E-state index in [-0.39, 0.29) is 18.2 Å². The molecule has 0 saturated carbocycles. The van der Waals surface area contributed by atoms with Crippen molar-refractivity contribution in [2.75, 3.05) is 17.7 Å². The molecule has 4 N–H and O–H groups in total. The van der Waals surface area contributed by atoms with Gasteiger partial charge in [0.15, 0.2) is 12.0 Å². The molecule has 1 aromatic heterocycles. The quantitative estimate of drug-likeness (QED) is 0.492. The third kappa shape index (κ3) is 2.79. The van der Waals surface area contributed by atoms with E-state index in [4.69, 9.17) is 19.9 Å². The molecule has 3 heterocycles. The van der Waals surface area contributed by atoms with Crippen LogP contribution in [0.15, 0.2) is 6.33 Å². The number of hydrogen-bond donors (Lipinski definition) is 3. The first-order valence-corrected chi connectivity index (χ1v) is 6.96. The zero-order valence-corrected chi connectivity index (χ0v) is 12.5. The van der Waals surface area contributed by atoms with Crippen LogP contribution in [0, 0.1) is 10.1 Å². The number of hydrogen-bond acceptors (Lipinski definition) is 10. The zero-order valence-electron chi connectivity index (χ0n) is 12.5. The van der Waals surface area contributed by atoms with Crippen molar-refractivity contribution in [3.8, 4) is 0 Å². The van der Waals surface area contributed by atoms with Gasteiger partial charge >= 0.3 is 5.69 Å². The fraction of sp³-hybridized carbons (Fsp3) is 0.667. The van der Waals surface area contributed by atoms with Gasteiger partial charge < -0.3 is 30.4 Å². The number of anilines is 2. The number of ether oxygens (including phenoxy) is 3. The zero-order chi connectivity index (χ0) is 16.8. The van der Waals surface area contributed by atoms with Crippen LogP contribution in [0.1, 0.15) is 13.8 Å². The molecule has 0 unspecified atom stereocenters. The first-order valence-electron chi connectivity index (χ1n) is 6.96. The molecule has 3 rings (SSSR count). The molecule has 4 atom stereocenters. The highest BCUT2D eigenvalue weighted by atomic mass is 16.8. The van der Waals surface area contributed by atoms with Gasteiger partial charge in [0.2, 0.25) is 11.6 Å². The molecule has 23 heavy (non-hydrogen) atoms. The normalized spacial score (nSPS) is 31.8. The Kier molecular flexibility index (Phi) is 3.80. The Bertz CT molecular complexity index is 626. The van der Waals surface area contributed by atoms with Crippen molar-refractivity contribution in [2.24, 2.45) is 0 Å². The number of aliphatic hydroxyl groups is 1. The highest BCUT2D eigenvalue weighted by molar-refractivity contribution is 5.67. The average Bonchev–Trinajstić information content (AvgIpc) is 2.92. The van der Waals surface area contributed by atoms with Crippen molar-refractivity contribution in [3.05, 3.63) is 16.4 Å². The molecule has 11 nitrogen and oxygen atoms in total. The smallest absolute Gasteiger partial charge is 0.353 e. The fourth-order valence-corrected chi connectivity index (χ4v) is 2.76. The lowest BCUT2D eigenvalue weighted by Crippen LogP contribution is -2.35. The third-order valence-electron chi connectivity index (χ3n) is 3.64. The van der Waals surface area contributed by atoms with Crippen molar-refractivity contribution in [2.45, 2.75) is 44.2 Å². The lowest BCUT2D eigenvalue weighted by molar-refractivity contribution is -0.383. The lowest BCUT2D eigenvalue weighted by Gasteiger charge is -2.24. The van der Waals surface area contributed by atoms with Gasteiger partial charge in [-0.25, -0.2) is 9.97 Å². The second-order valence-corrected chi connectivity index (χ2v) is 5.70. The van der Waals surface area contributed by atoms with Gasteiger partial charge in [-0.3, -0.25) is 10.1 Å². The van der Waals surface area contributed by atoms with Crippen molar-refractivity contribution < 1.29 is 24.2 Å². The summed E-state index contributed by atoms with van der Waals surface area (Å²) in [5, 5.41) is 23.3. The minimum absolute atomic E-state index is 0.0851. The maximum atomic E-state index is 11.1. The summed E-state index contributed by atoms with van der Waals surface area (Å²) in [5.41, 5.74) is 5.08.